The van der Waals surface area contributed by atoms with Crippen LogP contribution in [-0.2, 0) is 17.6 Å². The van der Waals surface area contributed by atoms with Crippen LogP contribution < -0.4 is 23.8 Å². The van der Waals surface area contributed by atoms with Gasteiger partial charge in [0.1, 0.15) is 5.75 Å². The molecular weight excluding hydrogens is 358 g/mol. The highest BCUT2D eigenvalue weighted by atomic mass is 16.5. The number of hydrogen-bond donors (Lipinski definition) is 0. The molecule has 0 fully saturated rings. The smallest absolute Gasteiger partial charge is 0.227 e. The topological polar surface area (TPSA) is 57.2 Å². The minimum absolute atomic E-state index is 0.0826. The number of hydrogen-bond acceptors (Lipinski definition) is 5. The highest BCUT2D eigenvalue weighted by Gasteiger charge is 2.25. The van der Waals surface area contributed by atoms with E-state index in [-0.39, 0.29) is 5.91 Å². The average Bonchev–Trinajstić information content (AvgIpc) is 2.75. The maximum absolute atomic E-state index is 13.0. The number of amides is 1. The molecule has 1 amide bonds. The molecule has 0 saturated carbocycles. The Kier molecular flexibility index (Phi) is 6.29. The summed E-state index contributed by atoms with van der Waals surface area (Å²) in [6.45, 7) is 0.710. The monoisotopic (exact) mass is 385 g/mol. The first-order chi connectivity index (χ1) is 13.6. The van der Waals surface area contributed by atoms with Crippen molar-refractivity contribution in [2.75, 3.05) is 39.9 Å². The van der Waals surface area contributed by atoms with Crippen LogP contribution in [0.15, 0.2) is 30.3 Å². The zero-order valence-corrected chi connectivity index (χ0v) is 16.9. The lowest BCUT2D eigenvalue weighted by atomic mass is 10.00. The molecule has 0 bridgehead atoms. The molecule has 28 heavy (non-hydrogen) atoms. The molecule has 0 unspecified atom stereocenters. The Morgan fingerprint density at radius 2 is 1.64 bits per heavy atom. The van der Waals surface area contributed by atoms with Gasteiger partial charge in [-0.1, -0.05) is 12.1 Å². The van der Waals surface area contributed by atoms with Crippen LogP contribution in [0.2, 0.25) is 0 Å². The largest absolute Gasteiger partial charge is 0.495 e. The fourth-order valence-electron chi connectivity index (χ4n) is 3.70. The van der Waals surface area contributed by atoms with Crippen molar-refractivity contribution in [3.63, 3.8) is 0 Å². The second kappa shape index (κ2) is 8.87. The van der Waals surface area contributed by atoms with Crippen molar-refractivity contribution in [1.82, 2.24) is 0 Å². The molecular formula is C22H27NO5. The Labute approximate surface area is 166 Å². The van der Waals surface area contributed by atoms with Gasteiger partial charge in [-0.05, 0) is 48.6 Å². The van der Waals surface area contributed by atoms with Crippen molar-refractivity contribution in [3.8, 4) is 23.0 Å². The van der Waals surface area contributed by atoms with Gasteiger partial charge in [0.25, 0.3) is 0 Å². The second-order valence-electron chi connectivity index (χ2n) is 6.65. The predicted octanol–water partition coefficient (Wildman–Crippen LogP) is 3.63. The zero-order chi connectivity index (χ0) is 20.1. The van der Waals surface area contributed by atoms with Gasteiger partial charge in [-0.3, -0.25) is 4.79 Å². The van der Waals surface area contributed by atoms with Crippen LogP contribution >= 0.6 is 0 Å². The normalized spacial score (nSPS) is 12.9. The third-order valence-electron chi connectivity index (χ3n) is 5.05. The summed E-state index contributed by atoms with van der Waals surface area (Å²) in [6, 6.07) is 9.72. The average molecular weight is 385 g/mol. The van der Waals surface area contributed by atoms with E-state index in [1.807, 2.05) is 29.2 Å². The summed E-state index contributed by atoms with van der Waals surface area (Å²) in [5.41, 5.74) is 3.03. The molecule has 1 aliphatic heterocycles. The van der Waals surface area contributed by atoms with E-state index in [0.717, 1.165) is 35.4 Å². The molecule has 150 valence electrons. The number of ether oxygens (including phenoxy) is 4. The van der Waals surface area contributed by atoms with E-state index in [2.05, 4.69) is 6.07 Å². The lowest BCUT2D eigenvalue weighted by molar-refractivity contribution is -0.118. The van der Waals surface area contributed by atoms with Gasteiger partial charge in [-0.2, -0.15) is 0 Å². The molecule has 0 radical (unpaired) electrons. The molecule has 0 N–H and O–H groups in total. The molecule has 2 aromatic carbocycles. The molecule has 0 saturated heterocycles. The van der Waals surface area contributed by atoms with Gasteiger partial charge in [-0.15, -0.1) is 0 Å². The third kappa shape index (κ3) is 3.86. The van der Waals surface area contributed by atoms with Gasteiger partial charge in [0.15, 0.2) is 11.5 Å². The Morgan fingerprint density at radius 3 is 2.25 bits per heavy atom. The second-order valence-corrected chi connectivity index (χ2v) is 6.65. The molecule has 0 aliphatic carbocycles. The van der Waals surface area contributed by atoms with Gasteiger partial charge < -0.3 is 23.8 Å². The van der Waals surface area contributed by atoms with E-state index in [4.69, 9.17) is 18.9 Å². The maximum Gasteiger partial charge on any atom is 0.227 e. The summed E-state index contributed by atoms with van der Waals surface area (Å²) in [4.78, 5) is 14.9. The number of para-hydroxylation sites is 1. The molecule has 3 rings (SSSR count). The SMILES string of the molecule is COc1cc(CCC(=O)N2CCCc3cccc(OC)c32)cc(OC)c1OC. The fourth-order valence-corrected chi connectivity index (χ4v) is 3.70. The van der Waals surface area contributed by atoms with Crippen molar-refractivity contribution in [2.45, 2.75) is 25.7 Å². The first-order valence-corrected chi connectivity index (χ1v) is 9.38. The van der Waals surface area contributed by atoms with Crippen molar-refractivity contribution in [3.05, 3.63) is 41.5 Å². The van der Waals surface area contributed by atoms with Crippen molar-refractivity contribution in [2.24, 2.45) is 0 Å². The quantitative estimate of drug-likeness (QED) is 0.728. The number of aryl methyl sites for hydroxylation is 2. The number of benzene rings is 2. The van der Waals surface area contributed by atoms with Crippen molar-refractivity contribution < 1.29 is 23.7 Å². The predicted molar refractivity (Wildman–Crippen MR) is 108 cm³/mol. The van der Waals surface area contributed by atoms with E-state index in [0.29, 0.717) is 36.6 Å². The van der Waals surface area contributed by atoms with Gasteiger partial charge in [-0.25, -0.2) is 0 Å². The lowest BCUT2D eigenvalue weighted by Crippen LogP contribution is -2.36. The van der Waals surface area contributed by atoms with Gasteiger partial charge >= 0.3 is 0 Å². The van der Waals surface area contributed by atoms with Crippen LogP contribution in [0.1, 0.15) is 24.0 Å². The molecule has 2 aromatic rings. The fraction of sp³-hybridized carbons (Fsp3) is 0.409. The highest BCUT2D eigenvalue weighted by Crippen LogP contribution is 2.39. The van der Waals surface area contributed by atoms with E-state index >= 15 is 0 Å². The van der Waals surface area contributed by atoms with Crippen LogP contribution in [0.5, 0.6) is 23.0 Å². The van der Waals surface area contributed by atoms with E-state index in [9.17, 15) is 4.79 Å². The Morgan fingerprint density at radius 1 is 0.964 bits per heavy atom. The summed E-state index contributed by atoms with van der Waals surface area (Å²) >= 11 is 0. The Hall–Kier alpha value is -2.89. The molecule has 1 aliphatic rings. The summed E-state index contributed by atoms with van der Waals surface area (Å²) < 4.78 is 21.7. The van der Waals surface area contributed by atoms with Crippen LogP contribution in [-0.4, -0.2) is 40.9 Å². The summed E-state index contributed by atoms with van der Waals surface area (Å²) in [7, 11) is 6.39. The third-order valence-corrected chi connectivity index (χ3v) is 5.05. The summed E-state index contributed by atoms with van der Waals surface area (Å²) in [5.74, 6) is 2.57. The summed E-state index contributed by atoms with van der Waals surface area (Å²) in [6.07, 6.45) is 2.88. The number of carbonyl (C=O) groups is 1. The van der Waals surface area contributed by atoms with Gasteiger partial charge in [0.05, 0.1) is 34.1 Å². The van der Waals surface area contributed by atoms with Crippen LogP contribution in [0.25, 0.3) is 0 Å². The van der Waals surface area contributed by atoms with Crippen LogP contribution in [0, 0.1) is 0 Å². The first kappa shape index (κ1) is 19.9. The van der Waals surface area contributed by atoms with Crippen LogP contribution in [0.4, 0.5) is 5.69 Å². The maximum atomic E-state index is 13.0. The number of fused-ring (bicyclic) bond motifs is 1. The first-order valence-electron chi connectivity index (χ1n) is 9.38. The molecule has 0 atom stereocenters. The number of nitrogens with zero attached hydrogens (tertiary/aromatic N) is 1. The van der Waals surface area contributed by atoms with Crippen molar-refractivity contribution in [1.29, 1.82) is 0 Å². The Bertz CT molecular complexity index is 810. The molecule has 6 nitrogen and oxygen atoms in total. The number of anilines is 1. The zero-order valence-electron chi connectivity index (χ0n) is 16.9. The lowest BCUT2D eigenvalue weighted by Gasteiger charge is -2.31. The summed E-state index contributed by atoms with van der Waals surface area (Å²) in [5, 5.41) is 0. The van der Waals surface area contributed by atoms with E-state index < -0.39 is 0 Å². The number of carbonyl (C=O) groups excluding carboxylic acids is 1. The van der Waals surface area contributed by atoms with Crippen LogP contribution in [0.3, 0.4) is 0 Å². The number of methoxy groups -OCH3 is 4. The van der Waals surface area contributed by atoms with Gasteiger partial charge in [0.2, 0.25) is 11.7 Å². The standard InChI is InChI=1S/C22H27NO5/c1-25-17-9-5-7-16-8-6-12-23(21(16)17)20(24)11-10-15-13-18(26-2)22(28-4)19(14-15)27-3/h5,7,9,13-14H,6,8,10-12H2,1-4H3. The minimum Gasteiger partial charge on any atom is -0.495 e. The molecule has 1 heterocycles. The van der Waals surface area contributed by atoms with Crippen molar-refractivity contribution >= 4 is 11.6 Å². The molecule has 0 aromatic heterocycles. The highest BCUT2D eigenvalue weighted by molar-refractivity contribution is 5.96. The number of rotatable bonds is 7. The van der Waals surface area contributed by atoms with E-state index in [1.54, 1.807) is 28.4 Å². The van der Waals surface area contributed by atoms with Gasteiger partial charge in [0, 0.05) is 13.0 Å². The molecule has 6 heteroatoms. The van der Waals surface area contributed by atoms with E-state index in [1.165, 1.54) is 0 Å². The molecule has 0 spiro atoms. The Balaban J connectivity index is 1.79. The minimum atomic E-state index is 0.0826.